The van der Waals surface area contributed by atoms with Crippen LogP contribution in [0.2, 0.25) is 0 Å². The van der Waals surface area contributed by atoms with Gasteiger partial charge in [0.2, 0.25) is 0 Å². The first-order chi connectivity index (χ1) is 7.85. The molecule has 0 aromatic carbocycles. The van der Waals surface area contributed by atoms with E-state index in [0.717, 1.165) is 25.4 Å². The zero-order chi connectivity index (χ0) is 12.1. The third-order valence-corrected chi connectivity index (χ3v) is 3.02. The highest BCUT2D eigenvalue weighted by Gasteiger charge is 2.05. The Kier molecular flexibility index (Phi) is 11.9. The Balaban J connectivity index is 3.18. The van der Waals surface area contributed by atoms with Gasteiger partial charge in [-0.25, -0.2) is 0 Å². The van der Waals surface area contributed by atoms with Gasteiger partial charge in [0.15, 0.2) is 0 Å². The second-order valence-electron chi connectivity index (χ2n) is 4.56. The van der Waals surface area contributed by atoms with Crippen LogP contribution >= 0.6 is 0 Å². The van der Waals surface area contributed by atoms with E-state index >= 15 is 0 Å². The average molecular weight is 226 g/mol. The van der Waals surface area contributed by atoms with E-state index in [1.807, 2.05) is 0 Å². The topological polar surface area (TPSA) is 34.1 Å². The molecule has 0 N–H and O–H groups in total. The first kappa shape index (κ1) is 15.3. The largest absolute Gasteiger partial charge is 0.303 e. The third kappa shape index (κ3) is 9.88. The molecule has 94 valence electrons. The lowest BCUT2D eigenvalue weighted by Crippen LogP contribution is -2.02. The fraction of sp³-hybridized carbons (Fsp3) is 0.857. The molecule has 0 radical (unpaired) electrons. The van der Waals surface area contributed by atoms with Gasteiger partial charge in [-0.05, 0) is 6.42 Å². The summed E-state index contributed by atoms with van der Waals surface area (Å²) in [5.41, 5.74) is 0. The first-order valence-electron chi connectivity index (χ1n) is 6.74. The molecule has 16 heavy (non-hydrogen) atoms. The molecule has 1 atom stereocenters. The van der Waals surface area contributed by atoms with Crippen LogP contribution in [-0.2, 0) is 9.59 Å². The van der Waals surface area contributed by atoms with Gasteiger partial charge in [-0.3, -0.25) is 0 Å². The van der Waals surface area contributed by atoms with Crippen molar-refractivity contribution in [1.82, 2.24) is 0 Å². The fourth-order valence-electron chi connectivity index (χ4n) is 1.91. The van der Waals surface area contributed by atoms with Crippen LogP contribution in [0.5, 0.6) is 0 Å². The lowest BCUT2D eigenvalue weighted by molar-refractivity contribution is -0.115. The van der Waals surface area contributed by atoms with Crippen molar-refractivity contribution in [3.63, 3.8) is 0 Å². The summed E-state index contributed by atoms with van der Waals surface area (Å²) in [5, 5.41) is 0. The predicted molar refractivity (Wildman–Crippen MR) is 67.5 cm³/mol. The molecule has 0 aromatic rings. The van der Waals surface area contributed by atoms with Crippen LogP contribution in [-0.4, -0.2) is 12.6 Å². The Hall–Kier alpha value is -0.660. The van der Waals surface area contributed by atoms with Crippen LogP contribution in [0, 0.1) is 5.92 Å². The van der Waals surface area contributed by atoms with Crippen LogP contribution in [0.15, 0.2) is 0 Å². The molecule has 0 spiro atoms. The Morgan fingerprint density at radius 2 is 1.44 bits per heavy atom. The van der Waals surface area contributed by atoms with Crippen molar-refractivity contribution in [3.8, 4) is 0 Å². The average Bonchev–Trinajstić information content (AvgIpc) is 2.31. The minimum Gasteiger partial charge on any atom is -0.303 e. The summed E-state index contributed by atoms with van der Waals surface area (Å²) in [4.78, 5) is 20.8. The van der Waals surface area contributed by atoms with E-state index in [0.29, 0.717) is 6.42 Å². The molecule has 0 heterocycles. The van der Waals surface area contributed by atoms with E-state index in [-0.39, 0.29) is 5.92 Å². The molecule has 2 nitrogen and oxygen atoms in total. The summed E-state index contributed by atoms with van der Waals surface area (Å²) in [6.07, 6.45) is 13.3. The molecule has 1 unspecified atom stereocenters. The zero-order valence-electron chi connectivity index (χ0n) is 10.6. The van der Waals surface area contributed by atoms with Gasteiger partial charge in [0.05, 0.1) is 0 Å². The minimum absolute atomic E-state index is 0.0300. The highest BCUT2D eigenvalue weighted by Crippen LogP contribution is 2.13. The number of hydrogen-bond acceptors (Lipinski definition) is 2. The molecule has 2 heteroatoms. The van der Waals surface area contributed by atoms with Gasteiger partial charge < -0.3 is 9.59 Å². The van der Waals surface area contributed by atoms with Crippen molar-refractivity contribution in [2.24, 2.45) is 5.92 Å². The summed E-state index contributed by atoms with van der Waals surface area (Å²) in [5.74, 6) is -0.0300. The Labute approximate surface area is 99.8 Å². The number of hydrogen-bond donors (Lipinski definition) is 0. The van der Waals surface area contributed by atoms with Crippen LogP contribution < -0.4 is 0 Å². The maximum Gasteiger partial charge on any atom is 0.123 e. The van der Waals surface area contributed by atoms with Gasteiger partial charge >= 0.3 is 0 Å². The monoisotopic (exact) mass is 226 g/mol. The smallest absolute Gasteiger partial charge is 0.123 e. The van der Waals surface area contributed by atoms with Gasteiger partial charge in [-0.15, -0.1) is 0 Å². The Bertz CT molecular complexity index is 166. The normalized spacial score (nSPS) is 12.3. The van der Waals surface area contributed by atoms with Crippen LogP contribution in [0.1, 0.15) is 71.1 Å². The number of aldehydes is 2. The van der Waals surface area contributed by atoms with Gasteiger partial charge in [0, 0.05) is 12.3 Å². The molecule has 0 amide bonds. The summed E-state index contributed by atoms with van der Waals surface area (Å²) < 4.78 is 0. The van der Waals surface area contributed by atoms with Crippen molar-refractivity contribution in [2.45, 2.75) is 71.1 Å². The highest BCUT2D eigenvalue weighted by atomic mass is 16.1. The summed E-state index contributed by atoms with van der Waals surface area (Å²) in [7, 11) is 0. The number of rotatable bonds is 12. The highest BCUT2D eigenvalue weighted by molar-refractivity contribution is 5.61. The van der Waals surface area contributed by atoms with Crippen molar-refractivity contribution >= 4 is 12.6 Å². The van der Waals surface area contributed by atoms with Crippen LogP contribution in [0.25, 0.3) is 0 Å². The van der Waals surface area contributed by atoms with E-state index in [9.17, 15) is 9.59 Å². The molecule has 0 aliphatic carbocycles. The Morgan fingerprint density at radius 3 is 1.94 bits per heavy atom. The third-order valence-electron chi connectivity index (χ3n) is 3.02. The summed E-state index contributed by atoms with van der Waals surface area (Å²) in [6, 6.07) is 0. The molecular formula is C14H26O2. The maximum absolute atomic E-state index is 10.6. The van der Waals surface area contributed by atoms with E-state index in [1.54, 1.807) is 0 Å². The molecule has 0 fully saturated rings. The van der Waals surface area contributed by atoms with Gasteiger partial charge in [0.25, 0.3) is 0 Å². The second kappa shape index (κ2) is 12.4. The minimum atomic E-state index is -0.0300. The molecule has 0 aliphatic heterocycles. The summed E-state index contributed by atoms with van der Waals surface area (Å²) >= 11 is 0. The van der Waals surface area contributed by atoms with Crippen LogP contribution in [0.3, 0.4) is 0 Å². The fourth-order valence-corrected chi connectivity index (χ4v) is 1.91. The lowest BCUT2D eigenvalue weighted by Gasteiger charge is -2.05. The van der Waals surface area contributed by atoms with E-state index in [2.05, 4.69) is 6.92 Å². The second-order valence-corrected chi connectivity index (χ2v) is 4.56. The molecule has 0 saturated heterocycles. The van der Waals surface area contributed by atoms with Gasteiger partial charge in [0.1, 0.15) is 12.6 Å². The lowest BCUT2D eigenvalue weighted by atomic mass is 9.99. The van der Waals surface area contributed by atoms with E-state index < -0.39 is 0 Å². The number of carbonyl (C=O) groups excluding carboxylic acids is 2. The molecule has 0 bridgehead atoms. The van der Waals surface area contributed by atoms with Crippen molar-refractivity contribution in [2.75, 3.05) is 0 Å². The molecule has 0 rings (SSSR count). The SMILES string of the molecule is CCCCCCCCCCC(C=O)CC=O. The summed E-state index contributed by atoms with van der Waals surface area (Å²) in [6.45, 7) is 2.23. The molecule has 0 saturated carbocycles. The molecular weight excluding hydrogens is 200 g/mol. The number of unbranched alkanes of at least 4 members (excludes halogenated alkanes) is 7. The molecule has 0 aliphatic rings. The van der Waals surface area contributed by atoms with Crippen molar-refractivity contribution in [1.29, 1.82) is 0 Å². The van der Waals surface area contributed by atoms with E-state index in [4.69, 9.17) is 0 Å². The van der Waals surface area contributed by atoms with E-state index in [1.165, 1.54) is 44.9 Å². The first-order valence-corrected chi connectivity index (χ1v) is 6.74. The standard InChI is InChI=1S/C14H26O2/c1-2-3-4-5-6-7-8-9-10-14(13-16)11-12-15/h12-14H,2-11H2,1H3. The predicted octanol–water partition coefficient (Wildman–Crippen LogP) is 3.92. The maximum atomic E-state index is 10.6. The van der Waals surface area contributed by atoms with Crippen molar-refractivity contribution < 1.29 is 9.59 Å². The zero-order valence-corrected chi connectivity index (χ0v) is 10.6. The van der Waals surface area contributed by atoms with Gasteiger partial charge in [-0.2, -0.15) is 0 Å². The quantitative estimate of drug-likeness (QED) is 0.373. The van der Waals surface area contributed by atoms with Gasteiger partial charge in [-0.1, -0.05) is 58.3 Å². The Morgan fingerprint density at radius 1 is 0.875 bits per heavy atom. The molecule has 0 aromatic heterocycles. The van der Waals surface area contributed by atoms with Crippen LogP contribution in [0.4, 0.5) is 0 Å². The number of carbonyl (C=O) groups is 2. The van der Waals surface area contributed by atoms with Crippen molar-refractivity contribution in [3.05, 3.63) is 0 Å².